The lowest BCUT2D eigenvalue weighted by atomic mass is 10.0. The maximum Gasteiger partial charge on any atom is 0.416 e. The molecule has 2 rings (SSSR count). The fourth-order valence-electron chi connectivity index (χ4n) is 1.73. The first-order chi connectivity index (χ1) is 9.41. The standard InChI is InChI=1S/C14H8ClF3N2/c15-13-12(5-4-11(20-13)6-7-19)9-2-1-3-10(8-9)14(16,17)18/h1-5,8H,6H2. The van der Waals surface area contributed by atoms with E-state index in [1.165, 1.54) is 12.1 Å². The highest BCUT2D eigenvalue weighted by atomic mass is 35.5. The van der Waals surface area contributed by atoms with Crippen LogP contribution in [0.2, 0.25) is 5.15 Å². The Hall–Kier alpha value is -2.06. The highest BCUT2D eigenvalue weighted by Crippen LogP contribution is 2.33. The second kappa shape index (κ2) is 5.51. The average molecular weight is 297 g/mol. The van der Waals surface area contributed by atoms with Crippen molar-refractivity contribution in [3.8, 4) is 17.2 Å². The first-order valence-corrected chi connectivity index (χ1v) is 5.99. The molecular formula is C14H8ClF3N2. The van der Waals surface area contributed by atoms with E-state index in [1.807, 2.05) is 6.07 Å². The molecule has 0 saturated heterocycles. The summed E-state index contributed by atoms with van der Waals surface area (Å²) in [5.41, 5.74) is 0.473. The fraction of sp³-hybridized carbons (Fsp3) is 0.143. The third kappa shape index (κ3) is 3.09. The fourth-order valence-corrected chi connectivity index (χ4v) is 2.01. The summed E-state index contributed by atoms with van der Waals surface area (Å²) in [5.74, 6) is 0. The van der Waals surface area contributed by atoms with Gasteiger partial charge >= 0.3 is 6.18 Å². The maximum absolute atomic E-state index is 12.7. The molecule has 102 valence electrons. The van der Waals surface area contributed by atoms with Gasteiger partial charge in [-0.15, -0.1) is 0 Å². The van der Waals surface area contributed by atoms with E-state index in [0.29, 0.717) is 16.8 Å². The van der Waals surface area contributed by atoms with Crippen LogP contribution in [0.4, 0.5) is 13.2 Å². The van der Waals surface area contributed by atoms with Crippen molar-refractivity contribution in [3.05, 3.63) is 52.8 Å². The van der Waals surface area contributed by atoms with Crippen LogP contribution in [0.25, 0.3) is 11.1 Å². The number of aromatic nitrogens is 1. The Kier molecular flexibility index (Phi) is 3.96. The van der Waals surface area contributed by atoms with Crippen molar-refractivity contribution in [1.82, 2.24) is 4.98 Å². The molecule has 0 bridgehead atoms. The molecule has 0 aliphatic rings. The van der Waals surface area contributed by atoms with E-state index in [4.69, 9.17) is 16.9 Å². The van der Waals surface area contributed by atoms with Crippen LogP contribution < -0.4 is 0 Å². The Morgan fingerprint density at radius 3 is 2.55 bits per heavy atom. The van der Waals surface area contributed by atoms with Crippen LogP contribution in [0.5, 0.6) is 0 Å². The molecule has 0 aliphatic carbocycles. The quantitative estimate of drug-likeness (QED) is 0.766. The van der Waals surface area contributed by atoms with Crippen LogP contribution in [0.1, 0.15) is 11.3 Å². The largest absolute Gasteiger partial charge is 0.416 e. The van der Waals surface area contributed by atoms with Gasteiger partial charge in [0.2, 0.25) is 0 Å². The third-order valence-electron chi connectivity index (χ3n) is 2.67. The van der Waals surface area contributed by atoms with Gasteiger partial charge in [-0.2, -0.15) is 18.4 Å². The van der Waals surface area contributed by atoms with Gasteiger partial charge in [-0.05, 0) is 29.8 Å². The lowest BCUT2D eigenvalue weighted by molar-refractivity contribution is -0.137. The van der Waals surface area contributed by atoms with Gasteiger partial charge in [0, 0.05) is 5.56 Å². The summed E-state index contributed by atoms with van der Waals surface area (Å²) in [4.78, 5) is 3.99. The normalized spacial score (nSPS) is 11.2. The van der Waals surface area contributed by atoms with Gasteiger partial charge in [0.25, 0.3) is 0 Å². The minimum Gasteiger partial charge on any atom is -0.239 e. The molecule has 0 atom stereocenters. The zero-order valence-corrected chi connectivity index (χ0v) is 10.8. The first-order valence-electron chi connectivity index (χ1n) is 5.62. The number of pyridine rings is 1. The van der Waals surface area contributed by atoms with Gasteiger partial charge in [-0.25, -0.2) is 4.98 Å². The van der Waals surface area contributed by atoms with Crippen molar-refractivity contribution in [2.45, 2.75) is 12.6 Å². The average Bonchev–Trinajstić information content (AvgIpc) is 2.38. The monoisotopic (exact) mass is 296 g/mol. The molecule has 0 unspecified atom stereocenters. The van der Waals surface area contributed by atoms with E-state index in [0.717, 1.165) is 12.1 Å². The summed E-state index contributed by atoms with van der Waals surface area (Å²) >= 11 is 5.96. The molecule has 1 aromatic heterocycles. The van der Waals surface area contributed by atoms with Gasteiger partial charge in [0.1, 0.15) is 5.15 Å². The number of benzene rings is 1. The van der Waals surface area contributed by atoms with Crippen molar-refractivity contribution >= 4 is 11.6 Å². The molecule has 0 aliphatic heterocycles. The van der Waals surface area contributed by atoms with Crippen LogP contribution in [0, 0.1) is 11.3 Å². The van der Waals surface area contributed by atoms with Crippen molar-refractivity contribution in [1.29, 1.82) is 5.26 Å². The topological polar surface area (TPSA) is 36.7 Å². The van der Waals surface area contributed by atoms with Crippen LogP contribution in [-0.2, 0) is 12.6 Å². The molecule has 0 amide bonds. The predicted octanol–water partition coefficient (Wildman–Crippen LogP) is 4.49. The predicted molar refractivity (Wildman–Crippen MR) is 69.0 cm³/mol. The third-order valence-corrected chi connectivity index (χ3v) is 2.96. The Morgan fingerprint density at radius 1 is 1.20 bits per heavy atom. The summed E-state index contributed by atoms with van der Waals surface area (Å²) in [6.07, 6.45) is -4.31. The van der Waals surface area contributed by atoms with Crippen LogP contribution in [-0.4, -0.2) is 4.98 Å². The van der Waals surface area contributed by atoms with E-state index >= 15 is 0 Å². The molecule has 6 heteroatoms. The van der Waals surface area contributed by atoms with E-state index in [1.54, 1.807) is 12.1 Å². The molecular weight excluding hydrogens is 289 g/mol. The summed E-state index contributed by atoms with van der Waals surface area (Å²) in [5, 5.41) is 8.65. The summed E-state index contributed by atoms with van der Waals surface area (Å²) in [7, 11) is 0. The zero-order valence-electron chi connectivity index (χ0n) is 10.1. The highest BCUT2D eigenvalue weighted by Gasteiger charge is 2.30. The smallest absolute Gasteiger partial charge is 0.239 e. The Balaban J connectivity index is 2.45. The van der Waals surface area contributed by atoms with Gasteiger partial charge in [0.05, 0.1) is 23.7 Å². The Bertz CT molecular complexity index is 675. The minimum atomic E-state index is -4.41. The second-order valence-electron chi connectivity index (χ2n) is 4.05. The molecule has 2 aromatic rings. The Morgan fingerprint density at radius 2 is 1.95 bits per heavy atom. The molecule has 1 aromatic carbocycles. The van der Waals surface area contributed by atoms with E-state index in [2.05, 4.69) is 4.98 Å². The van der Waals surface area contributed by atoms with Crippen molar-refractivity contribution in [2.24, 2.45) is 0 Å². The molecule has 0 radical (unpaired) electrons. The molecule has 0 saturated carbocycles. The second-order valence-corrected chi connectivity index (χ2v) is 4.41. The van der Waals surface area contributed by atoms with Crippen LogP contribution in [0.3, 0.4) is 0 Å². The number of halogens is 4. The summed E-state index contributed by atoms with van der Waals surface area (Å²) in [6, 6.07) is 9.93. The van der Waals surface area contributed by atoms with Gasteiger partial charge in [-0.3, -0.25) is 0 Å². The van der Waals surface area contributed by atoms with Crippen molar-refractivity contribution < 1.29 is 13.2 Å². The van der Waals surface area contributed by atoms with E-state index in [-0.39, 0.29) is 11.6 Å². The molecule has 0 N–H and O–H groups in total. The molecule has 0 spiro atoms. The van der Waals surface area contributed by atoms with Gasteiger partial charge in [-0.1, -0.05) is 23.7 Å². The van der Waals surface area contributed by atoms with Crippen molar-refractivity contribution in [3.63, 3.8) is 0 Å². The van der Waals surface area contributed by atoms with E-state index in [9.17, 15) is 13.2 Å². The SMILES string of the molecule is N#CCc1ccc(-c2cccc(C(F)(F)F)c2)c(Cl)n1. The summed E-state index contributed by atoms with van der Waals surface area (Å²) < 4.78 is 38.0. The number of rotatable bonds is 2. The highest BCUT2D eigenvalue weighted by molar-refractivity contribution is 6.32. The Labute approximate surface area is 118 Å². The van der Waals surface area contributed by atoms with Crippen LogP contribution in [0.15, 0.2) is 36.4 Å². The lowest BCUT2D eigenvalue weighted by Gasteiger charge is -2.10. The lowest BCUT2D eigenvalue weighted by Crippen LogP contribution is -2.04. The van der Waals surface area contributed by atoms with Gasteiger partial charge < -0.3 is 0 Å². The zero-order chi connectivity index (χ0) is 14.8. The number of nitriles is 1. The van der Waals surface area contributed by atoms with Crippen molar-refractivity contribution in [2.75, 3.05) is 0 Å². The molecule has 0 fully saturated rings. The summed E-state index contributed by atoms with van der Waals surface area (Å²) in [6.45, 7) is 0. The van der Waals surface area contributed by atoms with Crippen LogP contribution >= 0.6 is 11.6 Å². The molecule has 2 nitrogen and oxygen atoms in total. The number of alkyl halides is 3. The molecule has 1 heterocycles. The number of nitrogens with zero attached hydrogens (tertiary/aromatic N) is 2. The number of hydrogen-bond donors (Lipinski definition) is 0. The maximum atomic E-state index is 12.7. The van der Waals surface area contributed by atoms with E-state index < -0.39 is 11.7 Å². The molecule has 20 heavy (non-hydrogen) atoms. The number of hydrogen-bond acceptors (Lipinski definition) is 2. The van der Waals surface area contributed by atoms with Gasteiger partial charge in [0.15, 0.2) is 0 Å². The first kappa shape index (κ1) is 14.4. The minimum absolute atomic E-state index is 0.0806.